The molecule has 1 radical (unpaired) electrons. The number of rotatable bonds is 4. The van der Waals surface area contributed by atoms with Gasteiger partial charge in [0.1, 0.15) is 16.1 Å². The van der Waals surface area contributed by atoms with Gasteiger partial charge in [0.15, 0.2) is 5.13 Å². The van der Waals surface area contributed by atoms with Crippen LogP contribution in [0.4, 0.5) is 5.13 Å². The predicted molar refractivity (Wildman–Crippen MR) is 49.2 cm³/mol. The molecule has 0 fully saturated rings. The average molecular weight is 219 g/mol. The molecule has 0 aliphatic carbocycles. The second-order valence-corrected chi connectivity index (χ2v) is 3.68. The summed E-state index contributed by atoms with van der Waals surface area (Å²) in [6.07, 6.45) is 1.96. The van der Waals surface area contributed by atoms with Gasteiger partial charge in [0.25, 0.3) is 0 Å². The third-order valence-electron chi connectivity index (χ3n) is 1.25. The van der Waals surface area contributed by atoms with Crippen LogP contribution in [0.25, 0.3) is 0 Å². The fourth-order valence-corrected chi connectivity index (χ4v) is 1.73. The van der Waals surface area contributed by atoms with Gasteiger partial charge in [-0.2, -0.15) is 0 Å². The van der Waals surface area contributed by atoms with Crippen molar-refractivity contribution in [1.82, 2.24) is 10.3 Å². The Hall–Kier alpha value is -1.14. The van der Waals surface area contributed by atoms with Gasteiger partial charge in [-0.25, -0.2) is 4.98 Å². The molecular weight excluding hydrogens is 214 g/mol. The summed E-state index contributed by atoms with van der Waals surface area (Å²) in [6.45, 7) is 0. The second kappa shape index (κ2) is 4.20. The molecule has 1 unspecified atom stereocenters. The van der Waals surface area contributed by atoms with Gasteiger partial charge in [-0.05, 0) is 0 Å². The highest BCUT2D eigenvalue weighted by molar-refractivity contribution is 7.19. The predicted octanol–water partition coefficient (Wildman–Crippen LogP) is 0.276. The fourth-order valence-electron chi connectivity index (χ4n) is 0.744. The van der Waals surface area contributed by atoms with E-state index in [1.807, 2.05) is 0 Å². The van der Waals surface area contributed by atoms with Crippen LogP contribution in [0.3, 0.4) is 0 Å². The lowest BCUT2D eigenvalue weighted by atomic mass is 10.2. The van der Waals surface area contributed by atoms with Crippen LogP contribution in [-0.2, 0) is 9.59 Å². The Morgan fingerprint density at radius 2 is 2.46 bits per heavy atom. The zero-order chi connectivity index (χ0) is 9.84. The first-order valence-electron chi connectivity index (χ1n) is 3.18. The minimum absolute atomic E-state index is 0.228. The van der Waals surface area contributed by atoms with E-state index in [4.69, 9.17) is 17.3 Å². The number of aromatic nitrogens is 1. The first-order chi connectivity index (χ1) is 6.19. The minimum atomic E-state index is -0.946. The van der Waals surface area contributed by atoms with Crippen molar-refractivity contribution in [2.75, 3.05) is 5.73 Å². The zero-order valence-corrected chi connectivity index (χ0v) is 7.85. The van der Waals surface area contributed by atoms with Gasteiger partial charge < -0.3 is 11.1 Å². The SMILES string of the molecule is Nc1nc(C([C]=O)NC=O)c(Cl)s1. The molecule has 1 aromatic rings. The normalized spacial score (nSPS) is 12.1. The molecule has 0 saturated heterocycles. The molecule has 1 rings (SSSR count). The lowest BCUT2D eigenvalue weighted by molar-refractivity contribution is -0.109. The summed E-state index contributed by atoms with van der Waals surface area (Å²) in [6, 6.07) is -0.946. The van der Waals surface area contributed by atoms with Crippen LogP contribution in [0, 0.1) is 0 Å². The standard InChI is InChI=1S/C6H5ClN3O2S/c7-5-4(10-6(8)13-5)3(1-11)9-2-12/h2-3H,(H2,8,10)(H,9,12). The van der Waals surface area contributed by atoms with Crippen molar-refractivity contribution in [3.8, 4) is 0 Å². The van der Waals surface area contributed by atoms with Crippen molar-refractivity contribution in [3.63, 3.8) is 0 Å². The molecule has 1 atom stereocenters. The Morgan fingerprint density at radius 3 is 2.85 bits per heavy atom. The number of nitrogens with one attached hydrogen (secondary N) is 1. The lowest BCUT2D eigenvalue weighted by Gasteiger charge is -2.03. The van der Waals surface area contributed by atoms with E-state index >= 15 is 0 Å². The number of nitrogen functional groups attached to an aromatic ring is 1. The Morgan fingerprint density at radius 1 is 1.77 bits per heavy atom. The van der Waals surface area contributed by atoms with Gasteiger partial charge in [-0.1, -0.05) is 22.9 Å². The molecule has 0 aliphatic heterocycles. The molecule has 0 spiro atoms. The Balaban J connectivity index is 2.96. The molecule has 1 aromatic heterocycles. The van der Waals surface area contributed by atoms with Crippen molar-refractivity contribution in [2.45, 2.75) is 6.04 Å². The summed E-state index contributed by atoms with van der Waals surface area (Å²) in [5, 5.41) is 2.45. The average Bonchev–Trinajstić information content (AvgIpc) is 2.41. The molecule has 0 bridgehead atoms. The number of amides is 1. The summed E-state index contributed by atoms with van der Waals surface area (Å²) in [5.74, 6) is 0. The summed E-state index contributed by atoms with van der Waals surface area (Å²) in [4.78, 5) is 24.2. The van der Waals surface area contributed by atoms with Gasteiger partial charge in [-0.15, -0.1) is 0 Å². The third-order valence-corrected chi connectivity index (χ3v) is 2.37. The summed E-state index contributed by atoms with van der Waals surface area (Å²) in [7, 11) is 0. The van der Waals surface area contributed by atoms with Crippen LogP contribution >= 0.6 is 22.9 Å². The highest BCUT2D eigenvalue weighted by Gasteiger charge is 2.18. The van der Waals surface area contributed by atoms with Crippen LogP contribution in [-0.4, -0.2) is 17.7 Å². The largest absolute Gasteiger partial charge is 0.375 e. The highest BCUT2D eigenvalue weighted by atomic mass is 35.5. The quantitative estimate of drug-likeness (QED) is 0.711. The zero-order valence-electron chi connectivity index (χ0n) is 6.28. The van der Waals surface area contributed by atoms with Crippen molar-refractivity contribution in [3.05, 3.63) is 10.0 Å². The third kappa shape index (κ3) is 2.16. The van der Waals surface area contributed by atoms with E-state index in [0.29, 0.717) is 6.41 Å². The smallest absolute Gasteiger partial charge is 0.229 e. The Kier molecular flexibility index (Phi) is 3.21. The monoisotopic (exact) mass is 218 g/mol. The maximum atomic E-state index is 10.4. The number of hydrogen-bond acceptors (Lipinski definition) is 5. The van der Waals surface area contributed by atoms with Gasteiger partial charge in [-0.3, -0.25) is 9.59 Å². The minimum Gasteiger partial charge on any atom is -0.375 e. The fraction of sp³-hybridized carbons (Fsp3) is 0.167. The van der Waals surface area contributed by atoms with E-state index < -0.39 is 6.04 Å². The molecule has 1 amide bonds. The molecule has 5 nitrogen and oxygen atoms in total. The van der Waals surface area contributed by atoms with Crippen LogP contribution in [0.15, 0.2) is 0 Å². The maximum Gasteiger partial charge on any atom is 0.229 e. The number of thiazole rings is 1. The number of carbonyl (C=O) groups is 1. The molecule has 13 heavy (non-hydrogen) atoms. The lowest BCUT2D eigenvalue weighted by Crippen LogP contribution is -2.21. The number of nitrogens with two attached hydrogens (primary N) is 1. The second-order valence-electron chi connectivity index (χ2n) is 2.05. The first kappa shape index (κ1) is 9.94. The van der Waals surface area contributed by atoms with E-state index in [0.717, 1.165) is 11.3 Å². The molecule has 0 saturated carbocycles. The van der Waals surface area contributed by atoms with Crippen LogP contribution in [0.1, 0.15) is 11.7 Å². The van der Waals surface area contributed by atoms with Crippen LogP contribution in [0.5, 0.6) is 0 Å². The number of anilines is 1. The molecule has 69 valence electrons. The van der Waals surface area contributed by atoms with Crippen molar-refractivity contribution in [1.29, 1.82) is 0 Å². The van der Waals surface area contributed by atoms with Crippen molar-refractivity contribution >= 4 is 40.8 Å². The van der Waals surface area contributed by atoms with E-state index in [1.165, 1.54) is 0 Å². The molecule has 0 aromatic carbocycles. The van der Waals surface area contributed by atoms with E-state index in [2.05, 4.69) is 10.3 Å². The van der Waals surface area contributed by atoms with E-state index in [1.54, 1.807) is 6.29 Å². The number of nitrogens with zero attached hydrogens (tertiary/aromatic N) is 1. The molecular formula is C6H5ClN3O2S. The number of carbonyl (C=O) groups excluding carboxylic acids is 2. The van der Waals surface area contributed by atoms with Gasteiger partial charge in [0.2, 0.25) is 12.7 Å². The van der Waals surface area contributed by atoms with Crippen molar-refractivity contribution in [2.24, 2.45) is 0 Å². The van der Waals surface area contributed by atoms with Gasteiger partial charge >= 0.3 is 0 Å². The van der Waals surface area contributed by atoms with Crippen LogP contribution < -0.4 is 11.1 Å². The van der Waals surface area contributed by atoms with Gasteiger partial charge in [0, 0.05) is 0 Å². The van der Waals surface area contributed by atoms with E-state index in [9.17, 15) is 9.59 Å². The van der Waals surface area contributed by atoms with Crippen molar-refractivity contribution < 1.29 is 9.59 Å². The van der Waals surface area contributed by atoms with Crippen LogP contribution in [0.2, 0.25) is 4.34 Å². The molecule has 1 heterocycles. The molecule has 0 aliphatic rings. The first-order valence-corrected chi connectivity index (χ1v) is 4.37. The topological polar surface area (TPSA) is 85.1 Å². The maximum absolute atomic E-state index is 10.4. The summed E-state index contributed by atoms with van der Waals surface area (Å²) >= 11 is 6.73. The molecule has 7 heteroatoms. The molecule has 3 N–H and O–H groups in total. The van der Waals surface area contributed by atoms with E-state index in [-0.39, 0.29) is 15.2 Å². The summed E-state index contributed by atoms with van der Waals surface area (Å²) < 4.78 is 0.278. The Bertz CT molecular complexity index is 328. The summed E-state index contributed by atoms with van der Waals surface area (Å²) in [5.41, 5.74) is 5.57. The number of hydrogen-bond donors (Lipinski definition) is 2. The van der Waals surface area contributed by atoms with Gasteiger partial charge in [0.05, 0.1) is 0 Å². The Labute approximate surface area is 82.9 Å². The highest BCUT2D eigenvalue weighted by Crippen LogP contribution is 2.29. The number of halogens is 1.